The average molecular weight is 274 g/mol. The Hall–Kier alpha value is -2.68. The quantitative estimate of drug-likeness (QED) is 0.726. The summed E-state index contributed by atoms with van der Waals surface area (Å²) in [5.74, 6) is 0.00514. The van der Waals surface area contributed by atoms with E-state index in [2.05, 4.69) is 10.3 Å². The highest BCUT2D eigenvalue weighted by Gasteiger charge is 2.29. The highest BCUT2D eigenvalue weighted by molar-refractivity contribution is 6.11. The predicted molar refractivity (Wildman–Crippen MR) is 83.7 cm³/mol. The van der Waals surface area contributed by atoms with Gasteiger partial charge in [0.2, 0.25) is 0 Å². The number of ketones is 1. The van der Waals surface area contributed by atoms with Gasteiger partial charge in [-0.3, -0.25) is 9.78 Å². The van der Waals surface area contributed by atoms with E-state index in [4.69, 9.17) is 0 Å². The average Bonchev–Trinajstić information content (AvgIpc) is 2.98. The van der Waals surface area contributed by atoms with E-state index in [1.54, 1.807) is 12.4 Å². The third kappa shape index (κ3) is 1.89. The minimum Gasteiger partial charge on any atom is -0.384 e. The Morgan fingerprint density at radius 3 is 2.81 bits per heavy atom. The summed E-state index contributed by atoms with van der Waals surface area (Å²) in [4.78, 5) is 17.2. The second-order valence-corrected chi connectivity index (χ2v) is 5.29. The number of nitrogens with one attached hydrogen (secondary N) is 1. The number of nitrogens with zero attached hydrogens (tertiary/aromatic N) is 1. The summed E-state index contributed by atoms with van der Waals surface area (Å²) in [7, 11) is 0. The van der Waals surface area contributed by atoms with Crippen molar-refractivity contribution in [3.63, 3.8) is 0 Å². The zero-order valence-corrected chi connectivity index (χ0v) is 11.4. The molecule has 21 heavy (non-hydrogen) atoms. The predicted octanol–water partition coefficient (Wildman–Crippen LogP) is 3.63. The molecule has 0 radical (unpaired) electrons. The number of benzene rings is 2. The number of aromatic nitrogens is 1. The first-order valence-electron chi connectivity index (χ1n) is 7.04. The molecule has 1 atom stereocenters. The van der Waals surface area contributed by atoms with Crippen molar-refractivity contribution in [3.05, 3.63) is 72.1 Å². The van der Waals surface area contributed by atoms with Crippen LogP contribution in [0.1, 0.15) is 21.8 Å². The summed E-state index contributed by atoms with van der Waals surface area (Å²) in [6.07, 6.45) is 3.48. The van der Waals surface area contributed by atoms with Crippen LogP contribution in [0.2, 0.25) is 0 Å². The smallest absolute Gasteiger partial charge is 0.174 e. The number of para-hydroxylation sites is 1. The molecule has 102 valence electrons. The lowest BCUT2D eigenvalue weighted by Gasteiger charge is -2.11. The summed E-state index contributed by atoms with van der Waals surface area (Å²) >= 11 is 0. The number of hydrogen-bond acceptors (Lipinski definition) is 3. The molecule has 3 heteroatoms. The molecule has 1 unspecified atom stereocenters. The largest absolute Gasteiger partial charge is 0.384 e. The van der Waals surface area contributed by atoms with Gasteiger partial charge >= 0.3 is 0 Å². The second-order valence-electron chi connectivity index (χ2n) is 5.29. The Labute approximate surface area is 122 Å². The van der Waals surface area contributed by atoms with Gasteiger partial charge in [-0.15, -0.1) is 0 Å². The summed E-state index contributed by atoms with van der Waals surface area (Å²) in [5.41, 5.74) is 2.84. The van der Waals surface area contributed by atoms with Crippen LogP contribution < -0.4 is 5.32 Å². The van der Waals surface area contributed by atoms with Gasteiger partial charge in [0, 0.05) is 35.6 Å². The van der Waals surface area contributed by atoms with E-state index in [1.165, 1.54) is 0 Å². The Kier molecular flexibility index (Phi) is 2.71. The molecule has 0 fully saturated rings. The fourth-order valence-electron chi connectivity index (χ4n) is 3.02. The molecule has 0 spiro atoms. The highest BCUT2D eigenvalue weighted by Crippen LogP contribution is 2.34. The molecule has 3 nitrogen and oxygen atoms in total. The molecule has 1 aliphatic heterocycles. The summed E-state index contributed by atoms with van der Waals surface area (Å²) in [6.45, 7) is 0.654. The summed E-state index contributed by atoms with van der Waals surface area (Å²) < 4.78 is 0. The van der Waals surface area contributed by atoms with E-state index in [-0.39, 0.29) is 11.7 Å². The van der Waals surface area contributed by atoms with Gasteiger partial charge < -0.3 is 5.32 Å². The van der Waals surface area contributed by atoms with E-state index in [0.717, 1.165) is 22.0 Å². The van der Waals surface area contributed by atoms with Gasteiger partial charge in [0.15, 0.2) is 5.78 Å². The lowest BCUT2D eigenvalue weighted by atomic mass is 9.91. The van der Waals surface area contributed by atoms with Crippen LogP contribution in [0.4, 0.5) is 5.69 Å². The van der Waals surface area contributed by atoms with Gasteiger partial charge in [0.25, 0.3) is 0 Å². The van der Waals surface area contributed by atoms with E-state index in [0.29, 0.717) is 12.1 Å². The Balaban J connectivity index is 1.82. The molecule has 0 amide bonds. The number of Topliss-reactive ketones (excluding diaryl/α,β-unsaturated/α-hetero) is 1. The number of rotatable bonds is 2. The lowest BCUT2D eigenvalue weighted by Crippen LogP contribution is -2.15. The summed E-state index contributed by atoms with van der Waals surface area (Å²) in [6, 6.07) is 15.9. The van der Waals surface area contributed by atoms with Crippen LogP contribution in [0.5, 0.6) is 0 Å². The molecule has 1 aliphatic rings. The van der Waals surface area contributed by atoms with Crippen LogP contribution in [0.25, 0.3) is 10.8 Å². The summed E-state index contributed by atoms with van der Waals surface area (Å²) in [5, 5.41) is 5.28. The lowest BCUT2D eigenvalue weighted by molar-refractivity contribution is 0.0968. The standard InChI is InChI=1S/C18H14N2O/c21-18(16-11-20-17-8-4-3-7-14(16)17)15-10-19-9-12-5-1-2-6-13(12)15/h1-10,16,20H,11H2. The van der Waals surface area contributed by atoms with Gasteiger partial charge in [-0.25, -0.2) is 0 Å². The molecular weight excluding hydrogens is 260 g/mol. The molecule has 3 aromatic rings. The molecule has 0 saturated heterocycles. The first-order chi connectivity index (χ1) is 10.3. The van der Waals surface area contributed by atoms with E-state index in [9.17, 15) is 4.79 Å². The molecular formula is C18H14N2O. The first-order valence-corrected chi connectivity index (χ1v) is 7.04. The van der Waals surface area contributed by atoms with Crippen LogP contribution in [0.3, 0.4) is 0 Å². The van der Waals surface area contributed by atoms with Crippen molar-refractivity contribution in [2.24, 2.45) is 0 Å². The Bertz CT molecular complexity index is 836. The normalized spacial score (nSPS) is 16.5. The van der Waals surface area contributed by atoms with Crippen LogP contribution in [-0.4, -0.2) is 17.3 Å². The monoisotopic (exact) mass is 274 g/mol. The maximum Gasteiger partial charge on any atom is 0.174 e. The van der Waals surface area contributed by atoms with Crippen molar-refractivity contribution in [2.45, 2.75) is 5.92 Å². The molecule has 1 aromatic heterocycles. The van der Waals surface area contributed by atoms with Crippen LogP contribution in [0.15, 0.2) is 60.9 Å². The molecule has 1 N–H and O–H groups in total. The van der Waals surface area contributed by atoms with Crippen LogP contribution >= 0.6 is 0 Å². The Morgan fingerprint density at radius 1 is 1.05 bits per heavy atom. The zero-order chi connectivity index (χ0) is 14.2. The molecule has 0 aliphatic carbocycles. The zero-order valence-electron chi connectivity index (χ0n) is 11.4. The number of fused-ring (bicyclic) bond motifs is 2. The second kappa shape index (κ2) is 4.70. The van der Waals surface area contributed by atoms with Crippen molar-refractivity contribution in [2.75, 3.05) is 11.9 Å². The molecule has 0 saturated carbocycles. The molecule has 2 heterocycles. The highest BCUT2D eigenvalue weighted by atomic mass is 16.1. The fourth-order valence-corrected chi connectivity index (χ4v) is 3.02. The number of carbonyl (C=O) groups is 1. The van der Waals surface area contributed by atoms with Gasteiger partial charge in [-0.05, 0) is 17.0 Å². The van der Waals surface area contributed by atoms with E-state index >= 15 is 0 Å². The van der Waals surface area contributed by atoms with Crippen molar-refractivity contribution in [1.82, 2.24) is 4.98 Å². The van der Waals surface area contributed by atoms with Crippen LogP contribution in [-0.2, 0) is 0 Å². The topological polar surface area (TPSA) is 42.0 Å². The number of pyridine rings is 1. The van der Waals surface area contributed by atoms with Crippen molar-refractivity contribution < 1.29 is 4.79 Å². The van der Waals surface area contributed by atoms with Gasteiger partial charge in [0.05, 0.1) is 5.92 Å². The molecule has 0 bridgehead atoms. The number of hydrogen-bond donors (Lipinski definition) is 1. The number of anilines is 1. The van der Waals surface area contributed by atoms with E-state index in [1.807, 2.05) is 48.5 Å². The third-order valence-corrected chi connectivity index (χ3v) is 4.08. The van der Waals surface area contributed by atoms with Crippen molar-refractivity contribution >= 4 is 22.2 Å². The Morgan fingerprint density at radius 2 is 1.86 bits per heavy atom. The SMILES string of the molecule is O=C(c1cncc2ccccc12)C1CNc2ccccc21. The minimum absolute atomic E-state index is 0.131. The first kappa shape index (κ1) is 12.1. The third-order valence-electron chi connectivity index (χ3n) is 4.08. The molecule has 4 rings (SSSR count). The van der Waals surface area contributed by atoms with Crippen LogP contribution in [0, 0.1) is 0 Å². The number of carbonyl (C=O) groups excluding carboxylic acids is 1. The van der Waals surface area contributed by atoms with Crippen molar-refractivity contribution in [1.29, 1.82) is 0 Å². The van der Waals surface area contributed by atoms with Crippen molar-refractivity contribution in [3.8, 4) is 0 Å². The van der Waals surface area contributed by atoms with Gasteiger partial charge in [-0.1, -0.05) is 42.5 Å². The maximum atomic E-state index is 12.9. The van der Waals surface area contributed by atoms with E-state index < -0.39 is 0 Å². The maximum absolute atomic E-state index is 12.9. The van der Waals surface area contributed by atoms with Gasteiger partial charge in [0.1, 0.15) is 0 Å². The van der Waals surface area contributed by atoms with Gasteiger partial charge in [-0.2, -0.15) is 0 Å². The minimum atomic E-state index is -0.131. The molecule has 2 aromatic carbocycles. The fraction of sp³-hybridized carbons (Fsp3) is 0.111.